The van der Waals surface area contributed by atoms with Gasteiger partial charge < -0.3 is 34.3 Å². The zero-order valence-electron chi connectivity index (χ0n) is 21.5. The largest absolute Gasteiger partial charge is 0.493 e. The lowest BCUT2D eigenvalue weighted by Crippen LogP contribution is -2.46. The molecule has 0 aromatic heterocycles. The molecule has 0 unspecified atom stereocenters. The third kappa shape index (κ3) is 6.93. The number of methoxy groups -OCH3 is 2. The van der Waals surface area contributed by atoms with E-state index in [1.54, 1.807) is 37.4 Å². The third-order valence-electron chi connectivity index (χ3n) is 6.80. The summed E-state index contributed by atoms with van der Waals surface area (Å²) in [4.78, 5) is 27.8. The number of likely N-dealkylation sites (tertiary alicyclic amines) is 1. The number of carbonyl (C=O) groups is 2. The monoisotopic (exact) mass is 512 g/mol. The van der Waals surface area contributed by atoms with Gasteiger partial charge in [-0.2, -0.15) is 0 Å². The molecule has 2 heterocycles. The highest BCUT2D eigenvalue weighted by molar-refractivity contribution is 5.96. The number of Topliss-reactive ketones (excluding diaryl/α,β-unsaturated/α-hetero) is 1. The van der Waals surface area contributed by atoms with Gasteiger partial charge in [0.05, 0.1) is 20.3 Å². The number of aliphatic hydroxyl groups is 1. The van der Waals surface area contributed by atoms with Gasteiger partial charge in [0.2, 0.25) is 5.91 Å². The van der Waals surface area contributed by atoms with Crippen molar-refractivity contribution in [3.05, 3.63) is 47.5 Å². The number of hydrogen-bond acceptors (Lipinski definition) is 8. The molecule has 2 aromatic carbocycles. The van der Waals surface area contributed by atoms with Crippen LogP contribution in [0.3, 0.4) is 0 Å². The molecule has 0 bridgehead atoms. The average molecular weight is 513 g/mol. The van der Waals surface area contributed by atoms with Gasteiger partial charge >= 0.3 is 0 Å². The number of carbonyl (C=O) groups excluding carboxylic acids is 2. The summed E-state index contributed by atoms with van der Waals surface area (Å²) in [6, 6.07) is 9.93. The fourth-order valence-corrected chi connectivity index (χ4v) is 4.79. The molecule has 2 aromatic rings. The van der Waals surface area contributed by atoms with Crippen LogP contribution in [-0.2, 0) is 4.79 Å². The minimum Gasteiger partial charge on any atom is -0.493 e. The van der Waals surface area contributed by atoms with E-state index in [4.69, 9.17) is 18.9 Å². The first kappa shape index (κ1) is 26.8. The number of benzene rings is 2. The molecule has 1 fully saturated rings. The Hall–Kier alpha value is -3.30. The van der Waals surface area contributed by atoms with Gasteiger partial charge in [-0.3, -0.25) is 9.59 Å². The highest BCUT2D eigenvalue weighted by atomic mass is 16.6. The maximum atomic E-state index is 12.9. The summed E-state index contributed by atoms with van der Waals surface area (Å²) in [7, 11) is 3.06. The van der Waals surface area contributed by atoms with Crippen LogP contribution in [0.4, 0.5) is 0 Å². The molecule has 0 spiro atoms. The molecule has 4 rings (SSSR count). The lowest BCUT2D eigenvalue weighted by molar-refractivity contribution is -0.123. The summed E-state index contributed by atoms with van der Waals surface area (Å²) in [6.07, 6.45) is 2.12. The third-order valence-corrected chi connectivity index (χ3v) is 6.80. The molecule has 200 valence electrons. The molecule has 1 saturated heterocycles. The second kappa shape index (κ2) is 12.8. The predicted molar refractivity (Wildman–Crippen MR) is 138 cm³/mol. The van der Waals surface area contributed by atoms with E-state index in [2.05, 4.69) is 10.2 Å². The number of fused-ring (bicyclic) bond motifs is 1. The van der Waals surface area contributed by atoms with Gasteiger partial charge in [0.25, 0.3) is 0 Å². The van der Waals surface area contributed by atoms with Crippen LogP contribution in [0.25, 0.3) is 0 Å². The lowest BCUT2D eigenvalue weighted by atomic mass is 10.00. The fraction of sp³-hybridized carbons (Fsp3) is 0.500. The molecule has 0 aliphatic carbocycles. The van der Waals surface area contributed by atoms with Gasteiger partial charge in [-0.1, -0.05) is 6.07 Å². The number of ketones is 1. The first-order valence-corrected chi connectivity index (χ1v) is 12.8. The number of rotatable bonds is 12. The van der Waals surface area contributed by atoms with Gasteiger partial charge in [-0.25, -0.2) is 0 Å². The Morgan fingerprint density at radius 1 is 0.973 bits per heavy atom. The van der Waals surface area contributed by atoms with Crippen molar-refractivity contribution in [3.8, 4) is 23.0 Å². The van der Waals surface area contributed by atoms with E-state index >= 15 is 0 Å². The first-order chi connectivity index (χ1) is 18.0. The van der Waals surface area contributed by atoms with Crippen molar-refractivity contribution in [2.24, 2.45) is 0 Å². The summed E-state index contributed by atoms with van der Waals surface area (Å²) in [5.41, 5.74) is 1.18. The molecule has 2 aliphatic rings. The molecule has 0 saturated carbocycles. The Morgan fingerprint density at radius 3 is 2.43 bits per heavy atom. The van der Waals surface area contributed by atoms with Crippen LogP contribution in [0, 0.1) is 0 Å². The maximum absolute atomic E-state index is 12.9. The van der Waals surface area contributed by atoms with Gasteiger partial charge in [0.1, 0.15) is 19.3 Å². The van der Waals surface area contributed by atoms with Crippen LogP contribution in [0.5, 0.6) is 23.0 Å². The second-order valence-electron chi connectivity index (χ2n) is 9.38. The van der Waals surface area contributed by atoms with Crippen LogP contribution in [-0.4, -0.2) is 74.8 Å². The molecule has 9 nitrogen and oxygen atoms in total. The molecule has 1 amide bonds. The van der Waals surface area contributed by atoms with Crippen LogP contribution < -0.4 is 24.3 Å². The van der Waals surface area contributed by atoms with Gasteiger partial charge in [-0.05, 0) is 68.2 Å². The van der Waals surface area contributed by atoms with Crippen LogP contribution >= 0.6 is 0 Å². The van der Waals surface area contributed by atoms with Crippen molar-refractivity contribution in [3.63, 3.8) is 0 Å². The first-order valence-electron chi connectivity index (χ1n) is 12.8. The smallest absolute Gasteiger partial charge is 0.220 e. The summed E-state index contributed by atoms with van der Waals surface area (Å²) >= 11 is 0. The zero-order chi connectivity index (χ0) is 26.2. The molecule has 37 heavy (non-hydrogen) atoms. The van der Waals surface area contributed by atoms with Crippen molar-refractivity contribution < 1.29 is 33.6 Å². The summed E-state index contributed by atoms with van der Waals surface area (Å²) < 4.78 is 21.7. The van der Waals surface area contributed by atoms with E-state index in [0.717, 1.165) is 25.9 Å². The van der Waals surface area contributed by atoms with Crippen LogP contribution in [0.15, 0.2) is 36.4 Å². The number of ether oxygens (including phenoxy) is 4. The molecule has 2 N–H and O–H groups in total. The van der Waals surface area contributed by atoms with Crippen LogP contribution in [0.2, 0.25) is 0 Å². The van der Waals surface area contributed by atoms with Gasteiger partial charge in [-0.15, -0.1) is 0 Å². The maximum Gasteiger partial charge on any atom is 0.220 e. The van der Waals surface area contributed by atoms with E-state index in [0.29, 0.717) is 60.3 Å². The van der Waals surface area contributed by atoms with Gasteiger partial charge in [0.15, 0.2) is 28.8 Å². The molecule has 0 radical (unpaired) electrons. The molecular weight excluding hydrogens is 476 g/mol. The Kier molecular flexibility index (Phi) is 9.24. The van der Waals surface area contributed by atoms with Crippen molar-refractivity contribution in [2.75, 3.05) is 47.1 Å². The summed E-state index contributed by atoms with van der Waals surface area (Å²) in [5, 5.41) is 14.3. The van der Waals surface area contributed by atoms with E-state index in [-0.39, 0.29) is 24.5 Å². The van der Waals surface area contributed by atoms with Crippen LogP contribution in [0.1, 0.15) is 54.1 Å². The van der Waals surface area contributed by atoms with Crippen molar-refractivity contribution in [1.82, 2.24) is 10.2 Å². The molecule has 9 heteroatoms. The highest BCUT2D eigenvalue weighted by Crippen LogP contribution is 2.34. The normalized spacial score (nSPS) is 16.6. The Morgan fingerprint density at radius 2 is 1.70 bits per heavy atom. The molecular formula is C28H36N2O7. The quantitative estimate of drug-likeness (QED) is 0.418. The van der Waals surface area contributed by atoms with E-state index in [1.807, 2.05) is 6.07 Å². The number of amides is 1. The fourth-order valence-electron chi connectivity index (χ4n) is 4.79. The van der Waals surface area contributed by atoms with E-state index < -0.39 is 12.1 Å². The average Bonchev–Trinajstić information content (AvgIpc) is 3.44. The predicted octanol–water partition coefficient (Wildman–Crippen LogP) is 3.14. The highest BCUT2D eigenvalue weighted by Gasteiger charge is 2.28. The van der Waals surface area contributed by atoms with Crippen molar-refractivity contribution in [1.29, 1.82) is 0 Å². The molecule has 2 atom stereocenters. The SMILES string of the molecule is COc1ccc(C(=O)CCCC(=O)N[C@H](CN2CCCC2)[C@H](O)c2ccc3c(c2)OCCO3)cc1OC. The Balaban J connectivity index is 1.35. The minimum absolute atomic E-state index is 0.0707. The van der Waals surface area contributed by atoms with Gasteiger partial charge in [0, 0.05) is 24.9 Å². The van der Waals surface area contributed by atoms with E-state index in [9.17, 15) is 14.7 Å². The number of hydrogen-bond donors (Lipinski definition) is 2. The standard InChI is InChI=1S/C28H36N2O7/c1-34-23-10-8-19(16-25(23)35-2)22(31)6-5-7-27(32)29-21(18-30-12-3-4-13-30)28(33)20-9-11-24-26(17-20)37-15-14-36-24/h8-11,16-17,21,28,33H,3-7,12-15,18H2,1-2H3,(H,29,32)/t21-,28-/m1/s1. The Bertz CT molecular complexity index is 1080. The lowest BCUT2D eigenvalue weighted by Gasteiger charge is -2.29. The second-order valence-corrected chi connectivity index (χ2v) is 9.38. The molecule has 2 aliphatic heterocycles. The number of aliphatic hydroxyl groups excluding tert-OH is 1. The van der Waals surface area contributed by atoms with Crippen molar-refractivity contribution >= 4 is 11.7 Å². The minimum atomic E-state index is -0.909. The Labute approximate surface area is 217 Å². The summed E-state index contributed by atoms with van der Waals surface area (Å²) in [5.74, 6) is 2.03. The topological polar surface area (TPSA) is 107 Å². The summed E-state index contributed by atoms with van der Waals surface area (Å²) in [6.45, 7) is 3.39. The van der Waals surface area contributed by atoms with E-state index in [1.165, 1.54) is 7.11 Å². The van der Waals surface area contributed by atoms with Crippen molar-refractivity contribution in [2.45, 2.75) is 44.2 Å². The number of nitrogens with zero attached hydrogens (tertiary/aromatic N) is 1. The zero-order valence-corrected chi connectivity index (χ0v) is 21.5. The number of nitrogens with one attached hydrogen (secondary N) is 1.